The highest BCUT2D eigenvalue weighted by Crippen LogP contribution is 2.20. The monoisotopic (exact) mass is 296 g/mol. The molecule has 0 radical (unpaired) electrons. The largest absolute Gasteiger partial charge is 0.481 e. The number of carboxylic acids is 1. The lowest BCUT2D eigenvalue weighted by Crippen LogP contribution is -2.49. The first kappa shape index (κ1) is 15.8. The number of aliphatic carboxylic acids is 1. The molecule has 2 rings (SSSR count). The van der Waals surface area contributed by atoms with E-state index in [1.54, 1.807) is 9.80 Å². The first-order valence-corrected chi connectivity index (χ1v) is 7.87. The van der Waals surface area contributed by atoms with Gasteiger partial charge in [0.05, 0.1) is 13.0 Å². The predicted octanol–water partition coefficient (Wildman–Crippen LogP) is 1.24. The summed E-state index contributed by atoms with van der Waals surface area (Å²) < 4.78 is 0. The van der Waals surface area contributed by atoms with E-state index in [1.807, 2.05) is 0 Å². The average Bonchev–Trinajstić information content (AvgIpc) is 2.64. The second-order valence-electron chi connectivity index (χ2n) is 5.96. The minimum absolute atomic E-state index is 0.000311. The van der Waals surface area contributed by atoms with E-state index in [1.165, 1.54) is 0 Å². The number of rotatable bonds is 4. The van der Waals surface area contributed by atoms with Gasteiger partial charge in [-0.1, -0.05) is 6.42 Å². The first-order chi connectivity index (χ1) is 10.1. The fraction of sp³-hybridized carbons (Fsp3) is 0.800. The van der Waals surface area contributed by atoms with Crippen LogP contribution in [0.3, 0.4) is 0 Å². The second-order valence-corrected chi connectivity index (χ2v) is 5.96. The van der Waals surface area contributed by atoms with Gasteiger partial charge in [-0.25, -0.2) is 0 Å². The molecule has 2 saturated heterocycles. The van der Waals surface area contributed by atoms with Gasteiger partial charge in [-0.3, -0.25) is 14.4 Å². The van der Waals surface area contributed by atoms with Gasteiger partial charge in [0.1, 0.15) is 0 Å². The third-order valence-corrected chi connectivity index (χ3v) is 4.36. The summed E-state index contributed by atoms with van der Waals surface area (Å²) in [7, 11) is 0. The van der Waals surface area contributed by atoms with Crippen LogP contribution in [0.25, 0.3) is 0 Å². The molecule has 2 amide bonds. The summed E-state index contributed by atoms with van der Waals surface area (Å²) in [6.45, 7) is 1.36. The van der Waals surface area contributed by atoms with Crippen LogP contribution < -0.4 is 0 Å². The van der Waals surface area contributed by atoms with Crippen molar-refractivity contribution in [2.24, 2.45) is 0 Å². The standard InChI is InChI=1S/C15H24N2O4/c18-13-7-2-1-4-8-16(13)11-14(19)17-9-5-3-6-12(17)10-15(20)21/h12H,1-11H2,(H,20,21). The van der Waals surface area contributed by atoms with Crippen LogP contribution in [0.1, 0.15) is 51.4 Å². The Hall–Kier alpha value is -1.59. The number of carbonyl (C=O) groups excluding carboxylic acids is 2. The van der Waals surface area contributed by atoms with Gasteiger partial charge in [0.15, 0.2) is 0 Å². The average molecular weight is 296 g/mol. The van der Waals surface area contributed by atoms with Crippen molar-refractivity contribution >= 4 is 17.8 Å². The molecule has 0 bridgehead atoms. The summed E-state index contributed by atoms with van der Waals surface area (Å²) >= 11 is 0. The van der Waals surface area contributed by atoms with E-state index in [0.29, 0.717) is 19.5 Å². The van der Waals surface area contributed by atoms with Gasteiger partial charge >= 0.3 is 5.97 Å². The Balaban J connectivity index is 1.96. The summed E-state index contributed by atoms with van der Waals surface area (Å²) in [5, 5.41) is 8.96. The van der Waals surface area contributed by atoms with Crippen molar-refractivity contribution in [2.45, 2.75) is 57.4 Å². The fourth-order valence-corrected chi connectivity index (χ4v) is 3.20. The molecule has 2 fully saturated rings. The maximum atomic E-state index is 12.5. The van der Waals surface area contributed by atoms with Crippen LogP contribution in [-0.2, 0) is 14.4 Å². The number of piperidine rings is 1. The van der Waals surface area contributed by atoms with Gasteiger partial charge in [0.2, 0.25) is 11.8 Å². The minimum Gasteiger partial charge on any atom is -0.481 e. The zero-order valence-corrected chi connectivity index (χ0v) is 12.4. The smallest absolute Gasteiger partial charge is 0.305 e. The minimum atomic E-state index is -0.870. The number of carbonyl (C=O) groups is 3. The highest BCUT2D eigenvalue weighted by Gasteiger charge is 2.30. The number of carboxylic acid groups (broad SMARTS) is 1. The number of hydrogen-bond donors (Lipinski definition) is 1. The van der Waals surface area contributed by atoms with E-state index in [0.717, 1.165) is 38.5 Å². The van der Waals surface area contributed by atoms with Crippen LogP contribution in [0.2, 0.25) is 0 Å². The summed E-state index contributed by atoms with van der Waals surface area (Å²) in [5.41, 5.74) is 0. The van der Waals surface area contributed by atoms with Crippen LogP contribution in [0, 0.1) is 0 Å². The summed E-state index contributed by atoms with van der Waals surface area (Å²) in [6.07, 6.45) is 6.01. The molecule has 2 aliphatic rings. The number of nitrogens with zero attached hydrogens (tertiary/aromatic N) is 2. The van der Waals surface area contributed by atoms with E-state index in [9.17, 15) is 14.4 Å². The van der Waals surface area contributed by atoms with Crippen molar-refractivity contribution in [2.75, 3.05) is 19.6 Å². The molecule has 0 aromatic heterocycles. The molecular formula is C15H24N2O4. The molecule has 0 spiro atoms. The van der Waals surface area contributed by atoms with E-state index >= 15 is 0 Å². The zero-order valence-electron chi connectivity index (χ0n) is 12.4. The Morgan fingerprint density at radius 2 is 1.86 bits per heavy atom. The molecule has 21 heavy (non-hydrogen) atoms. The van der Waals surface area contributed by atoms with E-state index in [4.69, 9.17) is 5.11 Å². The molecule has 0 saturated carbocycles. The molecule has 2 aliphatic heterocycles. The molecule has 0 aromatic carbocycles. The summed E-state index contributed by atoms with van der Waals surface area (Å²) in [4.78, 5) is 38.6. The van der Waals surface area contributed by atoms with Crippen LogP contribution >= 0.6 is 0 Å². The molecule has 1 N–H and O–H groups in total. The molecule has 2 heterocycles. The first-order valence-electron chi connectivity index (χ1n) is 7.87. The molecule has 1 atom stereocenters. The van der Waals surface area contributed by atoms with Crippen LogP contribution in [-0.4, -0.2) is 58.4 Å². The number of likely N-dealkylation sites (tertiary alicyclic amines) is 2. The lowest BCUT2D eigenvalue weighted by atomic mass is 9.99. The third kappa shape index (κ3) is 4.44. The topological polar surface area (TPSA) is 77.9 Å². The highest BCUT2D eigenvalue weighted by molar-refractivity contribution is 5.85. The quantitative estimate of drug-likeness (QED) is 0.847. The Labute approximate surface area is 125 Å². The number of hydrogen-bond acceptors (Lipinski definition) is 3. The maximum absolute atomic E-state index is 12.5. The Kier molecular flexibility index (Phi) is 5.59. The lowest BCUT2D eigenvalue weighted by Gasteiger charge is -2.36. The second kappa shape index (κ2) is 7.43. The van der Waals surface area contributed by atoms with Crippen LogP contribution in [0.5, 0.6) is 0 Å². The lowest BCUT2D eigenvalue weighted by molar-refractivity contribution is -0.145. The third-order valence-electron chi connectivity index (χ3n) is 4.36. The van der Waals surface area contributed by atoms with Crippen LogP contribution in [0.4, 0.5) is 0 Å². The van der Waals surface area contributed by atoms with Crippen molar-refractivity contribution < 1.29 is 19.5 Å². The van der Waals surface area contributed by atoms with E-state index in [-0.39, 0.29) is 30.8 Å². The molecule has 6 nitrogen and oxygen atoms in total. The molecule has 6 heteroatoms. The van der Waals surface area contributed by atoms with Crippen molar-refractivity contribution in [3.8, 4) is 0 Å². The van der Waals surface area contributed by atoms with E-state index < -0.39 is 5.97 Å². The zero-order chi connectivity index (χ0) is 15.2. The number of amides is 2. The predicted molar refractivity (Wildman–Crippen MR) is 76.7 cm³/mol. The Morgan fingerprint density at radius 1 is 1.10 bits per heavy atom. The maximum Gasteiger partial charge on any atom is 0.305 e. The molecular weight excluding hydrogens is 272 g/mol. The van der Waals surface area contributed by atoms with Crippen LogP contribution in [0.15, 0.2) is 0 Å². The van der Waals surface area contributed by atoms with E-state index in [2.05, 4.69) is 0 Å². The van der Waals surface area contributed by atoms with Gasteiger partial charge in [-0.05, 0) is 32.1 Å². The Bertz CT molecular complexity index is 410. The summed E-state index contributed by atoms with van der Waals surface area (Å²) in [6, 6.07) is -0.217. The normalized spacial score (nSPS) is 23.8. The molecule has 118 valence electrons. The Morgan fingerprint density at radius 3 is 2.62 bits per heavy atom. The fourth-order valence-electron chi connectivity index (χ4n) is 3.20. The molecule has 0 aliphatic carbocycles. The van der Waals surface area contributed by atoms with Crippen molar-refractivity contribution in [3.05, 3.63) is 0 Å². The highest BCUT2D eigenvalue weighted by atomic mass is 16.4. The van der Waals surface area contributed by atoms with Gasteiger partial charge < -0.3 is 14.9 Å². The van der Waals surface area contributed by atoms with Gasteiger partial charge in [0.25, 0.3) is 0 Å². The van der Waals surface area contributed by atoms with Gasteiger partial charge in [0, 0.05) is 25.6 Å². The van der Waals surface area contributed by atoms with Crippen molar-refractivity contribution in [3.63, 3.8) is 0 Å². The molecule has 1 unspecified atom stereocenters. The van der Waals surface area contributed by atoms with Gasteiger partial charge in [-0.2, -0.15) is 0 Å². The van der Waals surface area contributed by atoms with Crippen molar-refractivity contribution in [1.82, 2.24) is 9.80 Å². The van der Waals surface area contributed by atoms with Crippen molar-refractivity contribution in [1.29, 1.82) is 0 Å². The molecule has 0 aromatic rings. The van der Waals surface area contributed by atoms with Gasteiger partial charge in [-0.15, -0.1) is 0 Å². The SMILES string of the molecule is O=C(O)CC1CCCCN1C(=O)CN1CCCCCC1=O. The summed E-state index contributed by atoms with van der Waals surface area (Å²) in [5.74, 6) is -0.922.